The second kappa shape index (κ2) is 5.16. The van der Waals surface area contributed by atoms with Crippen molar-refractivity contribution in [1.29, 1.82) is 5.41 Å². The lowest BCUT2D eigenvalue weighted by Gasteiger charge is -2.34. The fraction of sp³-hybridized carbons (Fsp3) is 0.800. The lowest BCUT2D eigenvalue weighted by molar-refractivity contribution is -0.00404. The van der Waals surface area contributed by atoms with Crippen LogP contribution in [-0.4, -0.2) is 29.2 Å². The number of hydrogen-bond donors (Lipinski definition) is 5. The van der Waals surface area contributed by atoms with Gasteiger partial charge in [0.15, 0.2) is 11.9 Å². The van der Waals surface area contributed by atoms with Gasteiger partial charge in [-0.25, -0.2) is 0 Å². The average molecular weight is 227 g/mol. The van der Waals surface area contributed by atoms with E-state index in [-0.39, 0.29) is 18.5 Å². The van der Waals surface area contributed by atoms with Crippen LogP contribution in [0.1, 0.15) is 32.6 Å². The Morgan fingerprint density at radius 3 is 2.88 bits per heavy atom. The molecule has 16 heavy (non-hydrogen) atoms. The first-order chi connectivity index (χ1) is 7.41. The third-order valence-electron chi connectivity index (χ3n) is 2.87. The summed E-state index contributed by atoms with van der Waals surface area (Å²) in [5.41, 5.74) is 9.85. The highest BCUT2D eigenvalue weighted by atomic mass is 16.3. The summed E-state index contributed by atoms with van der Waals surface area (Å²) in [6.45, 7) is 2.40. The van der Waals surface area contributed by atoms with Gasteiger partial charge in [0.2, 0.25) is 0 Å². The van der Waals surface area contributed by atoms with E-state index in [9.17, 15) is 5.11 Å². The molecule has 0 bridgehead atoms. The summed E-state index contributed by atoms with van der Waals surface area (Å²) in [5, 5.41) is 19.6. The molecule has 0 aromatic heterocycles. The van der Waals surface area contributed by atoms with E-state index < -0.39 is 5.60 Å². The quantitative estimate of drug-likeness (QED) is 0.329. The van der Waals surface area contributed by atoms with Crippen LogP contribution in [0.4, 0.5) is 0 Å². The van der Waals surface area contributed by atoms with Gasteiger partial charge >= 0.3 is 0 Å². The average Bonchev–Trinajstić information content (AvgIpc) is 2.13. The Bertz CT molecular complexity index is 291. The molecule has 0 spiro atoms. The monoisotopic (exact) mass is 227 g/mol. The summed E-state index contributed by atoms with van der Waals surface area (Å²) in [6.07, 6.45) is 3.69. The van der Waals surface area contributed by atoms with Crippen molar-refractivity contribution in [2.24, 2.45) is 22.4 Å². The maximum absolute atomic E-state index is 10.2. The minimum Gasteiger partial charge on any atom is -0.388 e. The maximum atomic E-state index is 10.2. The molecule has 2 unspecified atom stereocenters. The van der Waals surface area contributed by atoms with Crippen molar-refractivity contribution < 1.29 is 5.11 Å². The molecule has 0 aliphatic heterocycles. The third kappa shape index (κ3) is 4.06. The van der Waals surface area contributed by atoms with E-state index in [1.54, 1.807) is 0 Å². The van der Waals surface area contributed by atoms with Crippen molar-refractivity contribution in [3.63, 3.8) is 0 Å². The van der Waals surface area contributed by atoms with Crippen LogP contribution in [0.15, 0.2) is 4.99 Å². The van der Waals surface area contributed by atoms with E-state index in [1.807, 2.05) is 0 Å². The molecule has 2 atom stereocenters. The minimum absolute atomic E-state index is 0.0825. The standard InChI is InChI=1S/C10H21N5O/c1-7-3-2-4-10(16,5-7)6-14-9(13)15-8(11)12/h7,16H,2-6H2,1H3,(H6,11,12,13,14,15). The highest BCUT2D eigenvalue weighted by Gasteiger charge is 2.32. The summed E-state index contributed by atoms with van der Waals surface area (Å²) in [7, 11) is 0. The normalized spacial score (nSPS) is 31.1. The highest BCUT2D eigenvalue weighted by Crippen LogP contribution is 2.32. The molecule has 0 amide bonds. The smallest absolute Gasteiger partial charge is 0.195 e. The van der Waals surface area contributed by atoms with Crippen LogP contribution in [0.5, 0.6) is 0 Å². The van der Waals surface area contributed by atoms with Crippen LogP contribution in [0.25, 0.3) is 0 Å². The van der Waals surface area contributed by atoms with Crippen molar-refractivity contribution in [3.05, 3.63) is 0 Å². The number of aliphatic imine (C=N–C) groups is 1. The van der Waals surface area contributed by atoms with Crippen LogP contribution in [0, 0.1) is 11.3 Å². The first kappa shape index (κ1) is 12.8. The topological polar surface area (TPSA) is 121 Å². The van der Waals surface area contributed by atoms with Gasteiger partial charge in [-0.05, 0) is 18.8 Å². The van der Waals surface area contributed by atoms with Gasteiger partial charge in [0, 0.05) is 0 Å². The van der Waals surface area contributed by atoms with Crippen molar-refractivity contribution >= 4 is 11.9 Å². The molecule has 92 valence electrons. The Labute approximate surface area is 95.6 Å². The lowest BCUT2D eigenvalue weighted by atomic mass is 9.79. The Kier molecular flexibility index (Phi) is 4.12. The lowest BCUT2D eigenvalue weighted by Crippen LogP contribution is -2.43. The molecule has 0 aromatic rings. The molecule has 6 nitrogen and oxygen atoms in total. The molecule has 1 fully saturated rings. The fourth-order valence-corrected chi connectivity index (χ4v) is 2.19. The summed E-state index contributed by atoms with van der Waals surface area (Å²) in [4.78, 5) is 4.01. The number of rotatable bonds is 2. The molecule has 6 heteroatoms. The zero-order valence-corrected chi connectivity index (χ0v) is 9.66. The number of nitrogens with two attached hydrogens (primary N) is 2. The Morgan fingerprint density at radius 1 is 1.62 bits per heavy atom. The highest BCUT2D eigenvalue weighted by molar-refractivity contribution is 5.95. The van der Waals surface area contributed by atoms with Gasteiger partial charge < -0.3 is 16.6 Å². The Balaban J connectivity index is 2.49. The molecule has 0 heterocycles. The largest absolute Gasteiger partial charge is 0.388 e. The molecular formula is C10H21N5O. The van der Waals surface area contributed by atoms with Crippen molar-refractivity contribution in [2.45, 2.75) is 38.2 Å². The van der Waals surface area contributed by atoms with Crippen LogP contribution in [0.2, 0.25) is 0 Å². The van der Waals surface area contributed by atoms with E-state index in [4.69, 9.17) is 16.9 Å². The number of guanidine groups is 2. The van der Waals surface area contributed by atoms with E-state index in [0.29, 0.717) is 5.92 Å². The van der Waals surface area contributed by atoms with Gasteiger partial charge in [0.05, 0.1) is 12.1 Å². The summed E-state index contributed by atoms with van der Waals surface area (Å²) >= 11 is 0. The van der Waals surface area contributed by atoms with E-state index >= 15 is 0 Å². The second-order valence-corrected chi connectivity index (χ2v) is 4.67. The van der Waals surface area contributed by atoms with Crippen molar-refractivity contribution in [2.75, 3.05) is 6.54 Å². The predicted molar refractivity (Wildman–Crippen MR) is 64.1 cm³/mol. The Hall–Kier alpha value is -1.30. The van der Waals surface area contributed by atoms with Gasteiger partial charge in [0.1, 0.15) is 0 Å². The molecule has 7 N–H and O–H groups in total. The first-order valence-corrected chi connectivity index (χ1v) is 5.55. The first-order valence-electron chi connectivity index (χ1n) is 5.55. The maximum Gasteiger partial charge on any atom is 0.195 e. The van der Waals surface area contributed by atoms with Crippen LogP contribution in [-0.2, 0) is 0 Å². The van der Waals surface area contributed by atoms with Crippen LogP contribution in [0.3, 0.4) is 0 Å². The fourth-order valence-electron chi connectivity index (χ4n) is 2.19. The number of nitrogens with one attached hydrogen (secondary N) is 2. The van der Waals surface area contributed by atoms with Gasteiger partial charge in [-0.3, -0.25) is 15.7 Å². The summed E-state index contributed by atoms with van der Waals surface area (Å²) < 4.78 is 0. The zero-order chi connectivity index (χ0) is 12.2. The summed E-state index contributed by atoms with van der Waals surface area (Å²) in [5.74, 6) is 0.361. The SMILES string of the molecule is CC1CCCC(O)(CN=C(N)NC(=N)N)C1. The van der Waals surface area contributed by atoms with Gasteiger partial charge in [-0.2, -0.15) is 0 Å². The molecule has 1 rings (SSSR count). The van der Waals surface area contributed by atoms with E-state index in [0.717, 1.165) is 25.7 Å². The molecule has 1 aliphatic carbocycles. The van der Waals surface area contributed by atoms with Crippen LogP contribution >= 0.6 is 0 Å². The molecule has 0 radical (unpaired) electrons. The molecule has 0 aromatic carbocycles. The van der Waals surface area contributed by atoms with E-state index in [1.165, 1.54) is 0 Å². The zero-order valence-electron chi connectivity index (χ0n) is 9.66. The minimum atomic E-state index is -0.749. The van der Waals surface area contributed by atoms with Gasteiger partial charge in [0.25, 0.3) is 0 Å². The molecule has 1 aliphatic rings. The number of nitrogens with zero attached hydrogens (tertiary/aromatic N) is 1. The predicted octanol–water partition coefficient (Wildman–Crippen LogP) is -0.275. The number of hydrogen-bond acceptors (Lipinski definition) is 3. The van der Waals surface area contributed by atoms with E-state index in [2.05, 4.69) is 17.2 Å². The number of aliphatic hydroxyl groups is 1. The van der Waals surface area contributed by atoms with Crippen molar-refractivity contribution in [1.82, 2.24) is 5.32 Å². The van der Waals surface area contributed by atoms with Crippen LogP contribution < -0.4 is 16.8 Å². The Morgan fingerprint density at radius 2 is 2.31 bits per heavy atom. The van der Waals surface area contributed by atoms with Crippen molar-refractivity contribution in [3.8, 4) is 0 Å². The summed E-state index contributed by atoms with van der Waals surface area (Å²) in [6, 6.07) is 0. The third-order valence-corrected chi connectivity index (χ3v) is 2.87. The van der Waals surface area contributed by atoms with Gasteiger partial charge in [-0.1, -0.05) is 19.8 Å². The molecular weight excluding hydrogens is 206 g/mol. The second-order valence-electron chi connectivity index (χ2n) is 4.67. The molecule has 1 saturated carbocycles. The van der Waals surface area contributed by atoms with Gasteiger partial charge in [-0.15, -0.1) is 0 Å². The molecule has 0 saturated heterocycles.